The number of aromatic nitrogens is 1. The molecule has 2 unspecified atom stereocenters. The van der Waals surface area contributed by atoms with E-state index in [-0.39, 0.29) is 18.1 Å². The van der Waals surface area contributed by atoms with Crippen LogP contribution >= 0.6 is 11.6 Å². The van der Waals surface area contributed by atoms with Gasteiger partial charge in [0.2, 0.25) is 0 Å². The second-order valence-corrected chi connectivity index (χ2v) is 4.60. The minimum Gasteiger partial charge on any atom is -0.376 e. The van der Waals surface area contributed by atoms with Gasteiger partial charge in [-0.25, -0.2) is 4.98 Å². The largest absolute Gasteiger partial charge is 0.376 e. The quantitative estimate of drug-likeness (QED) is 0.758. The topological polar surface area (TPSA) is 42.4 Å². The number of likely N-dealkylation sites (N-methyl/N-ethyl adjacent to an activating group) is 1. The maximum atomic E-state index is 12.2. The molecule has 2 heterocycles. The fourth-order valence-electron chi connectivity index (χ4n) is 2.09. The highest BCUT2D eigenvalue weighted by molar-refractivity contribution is 6.29. The third-order valence-electron chi connectivity index (χ3n) is 3.13. The Balaban J connectivity index is 2.11. The molecule has 0 spiro atoms. The van der Waals surface area contributed by atoms with E-state index in [1.807, 2.05) is 6.92 Å². The molecule has 0 bridgehead atoms. The van der Waals surface area contributed by atoms with Gasteiger partial charge in [0, 0.05) is 19.9 Å². The molecule has 1 aliphatic heterocycles. The van der Waals surface area contributed by atoms with Crippen molar-refractivity contribution in [1.82, 2.24) is 9.88 Å². The normalized spacial score (nSPS) is 23.7. The molecule has 4 nitrogen and oxygen atoms in total. The minimum atomic E-state index is -0.0449. The summed E-state index contributed by atoms with van der Waals surface area (Å²) in [5.41, 5.74) is 0.552. The summed E-state index contributed by atoms with van der Waals surface area (Å²) in [4.78, 5) is 17.8. The number of rotatable bonds is 2. The molecule has 0 saturated carbocycles. The fourth-order valence-corrected chi connectivity index (χ4v) is 2.20. The zero-order valence-corrected chi connectivity index (χ0v) is 10.6. The first-order chi connectivity index (χ1) is 8.09. The van der Waals surface area contributed by atoms with Gasteiger partial charge in [0.15, 0.2) is 0 Å². The van der Waals surface area contributed by atoms with Gasteiger partial charge in [0.1, 0.15) is 5.15 Å². The molecule has 1 aromatic heterocycles. The second-order valence-electron chi connectivity index (χ2n) is 4.22. The predicted octanol–water partition coefficient (Wildman–Crippen LogP) is 1.98. The molecule has 1 saturated heterocycles. The lowest BCUT2D eigenvalue weighted by Gasteiger charge is -2.26. The summed E-state index contributed by atoms with van der Waals surface area (Å²) in [6.45, 7) is 2.70. The number of hydrogen-bond acceptors (Lipinski definition) is 3. The molecule has 5 heteroatoms. The van der Waals surface area contributed by atoms with Gasteiger partial charge >= 0.3 is 0 Å². The average Bonchev–Trinajstić information content (AvgIpc) is 2.74. The van der Waals surface area contributed by atoms with Crippen LogP contribution in [0.15, 0.2) is 18.3 Å². The Hall–Kier alpha value is -1.13. The van der Waals surface area contributed by atoms with E-state index in [1.54, 1.807) is 24.1 Å². The minimum absolute atomic E-state index is 0.0449. The number of hydrogen-bond donors (Lipinski definition) is 0. The molecule has 0 aromatic carbocycles. The predicted molar refractivity (Wildman–Crippen MR) is 65.2 cm³/mol. The number of carbonyl (C=O) groups is 1. The monoisotopic (exact) mass is 254 g/mol. The van der Waals surface area contributed by atoms with Crippen molar-refractivity contribution in [3.63, 3.8) is 0 Å². The number of nitrogens with zero attached hydrogens (tertiary/aromatic N) is 2. The molecule has 1 amide bonds. The Morgan fingerprint density at radius 1 is 1.59 bits per heavy atom. The van der Waals surface area contributed by atoms with Crippen molar-refractivity contribution in [2.24, 2.45) is 0 Å². The second kappa shape index (κ2) is 5.02. The number of ether oxygens (including phenoxy) is 1. The smallest absolute Gasteiger partial charge is 0.255 e. The van der Waals surface area contributed by atoms with Gasteiger partial charge in [0.05, 0.1) is 17.7 Å². The molecule has 92 valence electrons. The summed E-state index contributed by atoms with van der Waals surface area (Å²) in [6, 6.07) is 3.45. The van der Waals surface area contributed by atoms with Gasteiger partial charge in [-0.15, -0.1) is 0 Å². The van der Waals surface area contributed by atoms with Gasteiger partial charge in [-0.2, -0.15) is 0 Å². The van der Waals surface area contributed by atoms with Crippen LogP contribution in [0, 0.1) is 0 Å². The van der Waals surface area contributed by atoms with Gasteiger partial charge in [-0.1, -0.05) is 11.6 Å². The summed E-state index contributed by atoms with van der Waals surface area (Å²) in [6.07, 6.45) is 2.47. The number of halogens is 1. The highest BCUT2D eigenvalue weighted by Gasteiger charge is 2.30. The van der Waals surface area contributed by atoms with Crippen molar-refractivity contribution < 1.29 is 9.53 Å². The molecule has 17 heavy (non-hydrogen) atoms. The Morgan fingerprint density at radius 3 is 2.88 bits per heavy atom. The molecule has 1 aliphatic rings. The van der Waals surface area contributed by atoms with Gasteiger partial charge < -0.3 is 9.64 Å². The fraction of sp³-hybridized carbons (Fsp3) is 0.500. The van der Waals surface area contributed by atoms with Crippen LogP contribution in [0.5, 0.6) is 0 Å². The van der Waals surface area contributed by atoms with Crippen LogP contribution in [0.3, 0.4) is 0 Å². The Bertz CT molecular complexity index is 407. The van der Waals surface area contributed by atoms with Crippen molar-refractivity contribution in [3.8, 4) is 0 Å². The van der Waals surface area contributed by atoms with E-state index in [4.69, 9.17) is 16.3 Å². The van der Waals surface area contributed by atoms with Crippen LogP contribution in [0.2, 0.25) is 5.15 Å². The molecule has 1 fully saturated rings. The maximum Gasteiger partial charge on any atom is 0.255 e. The molecule has 0 aliphatic carbocycles. The SMILES string of the molecule is CC1OCCC1N(C)C(=O)c1ccc(Cl)nc1. The van der Waals surface area contributed by atoms with Gasteiger partial charge in [-0.05, 0) is 25.5 Å². The van der Waals surface area contributed by atoms with Crippen molar-refractivity contribution in [2.75, 3.05) is 13.7 Å². The molecular weight excluding hydrogens is 240 g/mol. The summed E-state index contributed by atoms with van der Waals surface area (Å²) in [5.74, 6) is -0.0449. The highest BCUT2D eigenvalue weighted by atomic mass is 35.5. The summed E-state index contributed by atoms with van der Waals surface area (Å²) >= 11 is 5.69. The Morgan fingerprint density at radius 2 is 2.35 bits per heavy atom. The summed E-state index contributed by atoms with van der Waals surface area (Å²) in [7, 11) is 1.80. The van der Waals surface area contributed by atoms with Crippen LogP contribution in [0.25, 0.3) is 0 Å². The Kier molecular flexibility index (Phi) is 3.64. The lowest BCUT2D eigenvalue weighted by molar-refractivity contribution is 0.0574. The van der Waals surface area contributed by atoms with Crippen molar-refractivity contribution in [3.05, 3.63) is 29.0 Å². The molecule has 2 rings (SSSR count). The lowest BCUT2D eigenvalue weighted by Crippen LogP contribution is -2.41. The van der Waals surface area contributed by atoms with Crippen LogP contribution in [-0.2, 0) is 4.74 Å². The van der Waals surface area contributed by atoms with Gasteiger partial charge in [0.25, 0.3) is 5.91 Å². The van der Waals surface area contributed by atoms with Crippen molar-refractivity contribution in [2.45, 2.75) is 25.5 Å². The van der Waals surface area contributed by atoms with E-state index >= 15 is 0 Å². The average molecular weight is 255 g/mol. The van der Waals surface area contributed by atoms with Crippen LogP contribution in [0.1, 0.15) is 23.7 Å². The third-order valence-corrected chi connectivity index (χ3v) is 3.35. The first-order valence-corrected chi connectivity index (χ1v) is 5.97. The maximum absolute atomic E-state index is 12.2. The van der Waals surface area contributed by atoms with E-state index in [0.29, 0.717) is 17.3 Å². The number of pyridine rings is 1. The summed E-state index contributed by atoms with van der Waals surface area (Å²) in [5, 5.41) is 0.391. The standard InChI is InChI=1S/C12H15ClN2O2/c1-8-10(5-6-17-8)15(2)12(16)9-3-4-11(13)14-7-9/h3-4,7-8,10H,5-6H2,1-2H3. The number of amides is 1. The zero-order chi connectivity index (χ0) is 12.4. The van der Waals surface area contributed by atoms with E-state index in [9.17, 15) is 4.79 Å². The van der Waals surface area contributed by atoms with E-state index in [0.717, 1.165) is 6.42 Å². The molecule has 1 aromatic rings. The van der Waals surface area contributed by atoms with Crippen molar-refractivity contribution >= 4 is 17.5 Å². The molecule has 0 N–H and O–H groups in total. The molecule has 2 atom stereocenters. The van der Waals surface area contributed by atoms with Crippen LogP contribution in [0.4, 0.5) is 0 Å². The summed E-state index contributed by atoms with van der Waals surface area (Å²) < 4.78 is 5.46. The lowest BCUT2D eigenvalue weighted by atomic mass is 10.1. The Labute approximate surface area is 106 Å². The van der Waals surface area contributed by atoms with Gasteiger partial charge in [-0.3, -0.25) is 4.79 Å². The van der Waals surface area contributed by atoms with E-state index in [2.05, 4.69) is 4.98 Å². The highest BCUT2D eigenvalue weighted by Crippen LogP contribution is 2.20. The van der Waals surface area contributed by atoms with Crippen LogP contribution < -0.4 is 0 Å². The third kappa shape index (κ3) is 2.58. The molecule has 0 radical (unpaired) electrons. The zero-order valence-electron chi connectivity index (χ0n) is 9.89. The first kappa shape index (κ1) is 12.3. The van der Waals surface area contributed by atoms with E-state index in [1.165, 1.54) is 6.20 Å². The van der Waals surface area contributed by atoms with Crippen LogP contribution in [-0.4, -0.2) is 41.6 Å². The van der Waals surface area contributed by atoms with E-state index < -0.39 is 0 Å². The first-order valence-electron chi connectivity index (χ1n) is 5.60. The van der Waals surface area contributed by atoms with Crippen molar-refractivity contribution in [1.29, 1.82) is 0 Å². The molecular formula is C12H15ClN2O2. The number of carbonyl (C=O) groups excluding carboxylic acids is 1.